The summed E-state index contributed by atoms with van der Waals surface area (Å²) in [5.74, 6) is 0.837. The maximum absolute atomic E-state index is 12.3. The third-order valence-electron chi connectivity index (χ3n) is 4.52. The summed E-state index contributed by atoms with van der Waals surface area (Å²) >= 11 is 0. The quantitative estimate of drug-likeness (QED) is 0.740. The fourth-order valence-electron chi connectivity index (χ4n) is 3.11. The lowest BCUT2D eigenvalue weighted by Crippen LogP contribution is -2.55. The number of carbonyl (C=O) groups is 3. The van der Waals surface area contributed by atoms with E-state index in [1.807, 2.05) is 6.92 Å². The molecule has 1 spiro atoms. The number of nitrogens with one attached hydrogen (secondary N) is 2. The zero-order valence-electron chi connectivity index (χ0n) is 13.6. The summed E-state index contributed by atoms with van der Waals surface area (Å²) in [6.07, 6.45) is 3.26. The van der Waals surface area contributed by atoms with Gasteiger partial charge in [-0.05, 0) is 19.3 Å². The average molecular weight is 335 g/mol. The molecule has 9 nitrogen and oxygen atoms in total. The fourth-order valence-corrected chi connectivity index (χ4v) is 3.11. The summed E-state index contributed by atoms with van der Waals surface area (Å²) in [6.45, 7) is 2.92. The molecule has 0 aromatic carbocycles. The van der Waals surface area contributed by atoms with Crippen LogP contribution in [0.3, 0.4) is 0 Å². The van der Waals surface area contributed by atoms with Crippen molar-refractivity contribution in [3.05, 3.63) is 11.7 Å². The van der Waals surface area contributed by atoms with Crippen LogP contribution in [0.25, 0.3) is 0 Å². The van der Waals surface area contributed by atoms with Gasteiger partial charge < -0.3 is 14.7 Å². The van der Waals surface area contributed by atoms with Gasteiger partial charge in [-0.25, -0.2) is 4.79 Å². The fraction of sp³-hybridized carbons (Fsp3) is 0.667. The average Bonchev–Trinajstić information content (AvgIpc) is 3.11. The zero-order chi connectivity index (χ0) is 17.2. The Morgan fingerprint density at radius 3 is 2.67 bits per heavy atom. The highest BCUT2D eigenvalue weighted by Gasteiger charge is 2.48. The first-order chi connectivity index (χ1) is 11.5. The molecule has 2 N–H and O–H groups in total. The van der Waals surface area contributed by atoms with Crippen molar-refractivity contribution in [2.24, 2.45) is 0 Å². The summed E-state index contributed by atoms with van der Waals surface area (Å²) < 4.78 is 5.12. The van der Waals surface area contributed by atoms with Gasteiger partial charge in [-0.2, -0.15) is 4.98 Å². The SMILES string of the molecule is CCCc1noc(CCC(=O)N2CCC3(CC2)NC(=O)NC3=O)n1. The predicted molar refractivity (Wildman–Crippen MR) is 81.8 cm³/mol. The van der Waals surface area contributed by atoms with Crippen molar-refractivity contribution in [1.82, 2.24) is 25.7 Å². The molecule has 0 radical (unpaired) electrons. The Bertz CT molecular complexity index is 648. The van der Waals surface area contributed by atoms with Gasteiger partial charge in [0.2, 0.25) is 11.8 Å². The second-order valence-corrected chi connectivity index (χ2v) is 6.23. The minimum absolute atomic E-state index is 0.00942. The van der Waals surface area contributed by atoms with E-state index in [2.05, 4.69) is 20.8 Å². The van der Waals surface area contributed by atoms with Gasteiger partial charge in [0.1, 0.15) is 5.54 Å². The number of aryl methyl sites for hydroxylation is 2. The van der Waals surface area contributed by atoms with E-state index in [9.17, 15) is 14.4 Å². The topological polar surface area (TPSA) is 117 Å². The molecule has 2 aliphatic heterocycles. The van der Waals surface area contributed by atoms with E-state index >= 15 is 0 Å². The van der Waals surface area contributed by atoms with Gasteiger partial charge in [-0.3, -0.25) is 14.9 Å². The maximum Gasteiger partial charge on any atom is 0.322 e. The van der Waals surface area contributed by atoms with E-state index in [1.54, 1.807) is 4.90 Å². The highest BCUT2D eigenvalue weighted by Crippen LogP contribution is 2.25. The molecule has 1 aromatic rings. The third kappa shape index (κ3) is 3.24. The van der Waals surface area contributed by atoms with E-state index in [-0.39, 0.29) is 11.8 Å². The summed E-state index contributed by atoms with van der Waals surface area (Å²) in [7, 11) is 0. The molecule has 0 saturated carbocycles. The highest BCUT2D eigenvalue weighted by atomic mass is 16.5. The Kier molecular flexibility index (Phi) is 4.50. The molecule has 0 unspecified atom stereocenters. The lowest BCUT2D eigenvalue weighted by atomic mass is 9.87. The van der Waals surface area contributed by atoms with Crippen LogP contribution >= 0.6 is 0 Å². The van der Waals surface area contributed by atoms with Gasteiger partial charge in [0.05, 0.1) is 0 Å². The number of aromatic nitrogens is 2. The van der Waals surface area contributed by atoms with Crippen molar-refractivity contribution in [1.29, 1.82) is 0 Å². The van der Waals surface area contributed by atoms with Crippen LogP contribution in [0.1, 0.15) is 44.3 Å². The molecule has 3 rings (SSSR count). The Balaban J connectivity index is 1.48. The minimum atomic E-state index is -0.852. The molecule has 2 saturated heterocycles. The van der Waals surface area contributed by atoms with E-state index in [1.165, 1.54) is 0 Å². The number of rotatable bonds is 5. The Hall–Kier alpha value is -2.45. The molecular formula is C15H21N5O4. The lowest BCUT2D eigenvalue weighted by Gasteiger charge is -2.37. The molecule has 130 valence electrons. The summed E-state index contributed by atoms with van der Waals surface area (Å²) in [6, 6.07) is -0.459. The van der Waals surface area contributed by atoms with Gasteiger partial charge in [-0.1, -0.05) is 12.1 Å². The number of likely N-dealkylation sites (tertiary alicyclic amines) is 1. The van der Waals surface area contributed by atoms with Crippen LogP contribution in [-0.2, 0) is 22.4 Å². The van der Waals surface area contributed by atoms with Gasteiger partial charge in [-0.15, -0.1) is 0 Å². The van der Waals surface area contributed by atoms with Crippen molar-refractivity contribution in [3.8, 4) is 0 Å². The highest BCUT2D eigenvalue weighted by molar-refractivity contribution is 6.07. The minimum Gasteiger partial charge on any atom is -0.342 e. The van der Waals surface area contributed by atoms with E-state index < -0.39 is 11.6 Å². The van der Waals surface area contributed by atoms with Crippen LogP contribution in [0.5, 0.6) is 0 Å². The molecular weight excluding hydrogens is 314 g/mol. The van der Waals surface area contributed by atoms with Crippen LogP contribution in [0.15, 0.2) is 4.52 Å². The molecule has 24 heavy (non-hydrogen) atoms. The number of nitrogens with zero attached hydrogens (tertiary/aromatic N) is 3. The van der Waals surface area contributed by atoms with Crippen molar-refractivity contribution < 1.29 is 18.9 Å². The molecule has 4 amide bonds. The molecule has 9 heteroatoms. The number of imide groups is 1. The summed E-state index contributed by atoms with van der Waals surface area (Å²) in [5.41, 5.74) is -0.852. The number of hydrogen-bond donors (Lipinski definition) is 2. The van der Waals surface area contributed by atoms with Crippen LogP contribution in [0, 0.1) is 0 Å². The van der Waals surface area contributed by atoms with Gasteiger partial charge in [0, 0.05) is 32.4 Å². The first kappa shape index (κ1) is 16.4. The number of piperidine rings is 1. The molecule has 0 bridgehead atoms. The number of urea groups is 1. The summed E-state index contributed by atoms with van der Waals surface area (Å²) in [5, 5.41) is 8.81. The predicted octanol–water partition coefficient (Wildman–Crippen LogP) is 0.155. The van der Waals surface area contributed by atoms with Crippen LogP contribution in [0.4, 0.5) is 4.79 Å². The van der Waals surface area contributed by atoms with Gasteiger partial charge in [0.25, 0.3) is 5.91 Å². The van der Waals surface area contributed by atoms with Crippen molar-refractivity contribution in [2.75, 3.05) is 13.1 Å². The van der Waals surface area contributed by atoms with Crippen LogP contribution in [0.2, 0.25) is 0 Å². The second-order valence-electron chi connectivity index (χ2n) is 6.23. The summed E-state index contributed by atoms with van der Waals surface area (Å²) in [4.78, 5) is 41.4. The van der Waals surface area contributed by atoms with E-state index in [4.69, 9.17) is 4.52 Å². The molecule has 0 atom stereocenters. The number of hydrogen-bond acceptors (Lipinski definition) is 6. The Morgan fingerprint density at radius 2 is 2.04 bits per heavy atom. The second kappa shape index (κ2) is 6.58. The monoisotopic (exact) mass is 335 g/mol. The number of amides is 4. The lowest BCUT2D eigenvalue weighted by molar-refractivity contribution is -0.135. The van der Waals surface area contributed by atoms with Crippen molar-refractivity contribution in [2.45, 2.75) is 51.0 Å². The van der Waals surface area contributed by atoms with Gasteiger partial charge >= 0.3 is 6.03 Å². The largest absolute Gasteiger partial charge is 0.342 e. The van der Waals surface area contributed by atoms with Crippen LogP contribution in [-0.4, -0.2) is 51.5 Å². The number of carbonyl (C=O) groups excluding carboxylic acids is 3. The normalized spacial score (nSPS) is 19.5. The Morgan fingerprint density at radius 1 is 1.29 bits per heavy atom. The molecule has 2 fully saturated rings. The molecule has 0 aliphatic carbocycles. The first-order valence-electron chi connectivity index (χ1n) is 8.25. The van der Waals surface area contributed by atoms with E-state index in [0.29, 0.717) is 50.5 Å². The molecule has 2 aliphatic rings. The first-order valence-corrected chi connectivity index (χ1v) is 8.25. The van der Waals surface area contributed by atoms with Gasteiger partial charge in [0.15, 0.2) is 5.82 Å². The van der Waals surface area contributed by atoms with Crippen LogP contribution < -0.4 is 10.6 Å². The maximum atomic E-state index is 12.3. The third-order valence-corrected chi connectivity index (χ3v) is 4.52. The molecule has 1 aromatic heterocycles. The smallest absolute Gasteiger partial charge is 0.322 e. The molecule has 3 heterocycles. The van der Waals surface area contributed by atoms with Crippen molar-refractivity contribution in [3.63, 3.8) is 0 Å². The zero-order valence-corrected chi connectivity index (χ0v) is 13.6. The van der Waals surface area contributed by atoms with E-state index in [0.717, 1.165) is 12.8 Å². The Labute approximate surface area is 139 Å². The van der Waals surface area contributed by atoms with Crippen molar-refractivity contribution >= 4 is 17.8 Å². The standard InChI is InChI=1S/C15H21N5O4/c1-2-3-10-16-11(24-19-10)4-5-12(21)20-8-6-15(7-9-20)13(22)17-14(23)18-15/h2-9H2,1H3,(H2,17,18,22,23).